The summed E-state index contributed by atoms with van der Waals surface area (Å²) in [4.78, 5) is 18.3. The standard InChI is InChI=1S/C13H20N4O/c1-8-6-9(2)16-13(11(8)12(15)18)17-5-3-4-10(17)7-14/h6,10H,3-5,7,14H2,1-2H3,(H2,15,18). The Morgan fingerprint density at radius 1 is 1.56 bits per heavy atom. The van der Waals surface area contributed by atoms with Gasteiger partial charge >= 0.3 is 0 Å². The summed E-state index contributed by atoms with van der Waals surface area (Å²) in [5.74, 6) is 0.283. The van der Waals surface area contributed by atoms with E-state index in [0.717, 1.165) is 30.6 Å². The van der Waals surface area contributed by atoms with Crippen LogP contribution in [-0.4, -0.2) is 30.0 Å². The topological polar surface area (TPSA) is 85.2 Å². The summed E-state index contributed by atoms with van der Waals surface area (Å²) in [6.07, 6.45) is 2.12. The summed E-state index contributed by atoms with van der Waals surface area (Å²) in [5, 5.41) is 0. The zero-order chi connectivity index (χ0) is 13.3. The molecule has 1 aliphatic rings. The summed E-state index contributed by atoms with van der Waals surface area (Å²) in [6.45, 7) is 5.28. The fraction of sp³-hybridized carbons (Fsp3) is 0.538. The van der Waals surface area contributed by atoms with E-state index in [0.29, 0.717) is 17.9 Å². The van der Waals surface area contributed by atoms with Crippen molar-refractivity contribution >= 4 is 11.7 Å². The fourth-order valence-corrected chi connectivity index (χ4v) is 2.69. The molecule has 0 radical (unpaired) electrons. The van der Waals surface area contributed by atoms with Crippen molar-refractivity contribution in [1.29, 1.82) is 0 Å². The molecule has 1 atom stereocenters. The van der Waals surface area contributed by atoms with Crippen molar-refractivity contribution in [1.82, 2.24) is 4.98 Å². The van der Waals surface area contributed by atoms with Crippen LogP contribution < -0.4 is 16.4 Å². The van der Waals surface area contributed by atoms with Crippen LogP contribution in [0.4, 0.5) is 5.82 Å². The van der Waals surface area contributed by atoms with Gasteiger partial charge < -0.3 is 16.4 Å². The van der Waals surface area contributed by atoms with Gasteiger partial charge in [-0.05, 0) is 38.3 Å². The number of nitrogens with zero attached hydrogens (tertiary/aromatic N) is 2. The van der Waals surface area contributed by atoms with Crippen LogP contribution in [0.15, 0.2) is 6.07 Å². The Morgan fingerprint density at radius 3 is 2.89 bits per heavy atom. The second kappa shape index (κ2) is 4.94. The molecule has 0 spiro atoms. The van der Waals surface area contributed by atoms with Crippen molar-refractivity contribution in [3.63, 3.8) is 0 Å². The Kier molecular flexibility index (Phi) is 3.52. The Hall–Kier alpha value is -1.62. The minimum Gasteiger partial charge on any atom is -0.365 e. The molecule has 0 bridgehead atoms. The summed E-state index contributed by atoms with van der Waals surface area (Å²) >= 11 is 0. The second-order valence-electron chi connectivity index (χ2n) is 4.87. The second-order valence-corrected chi connectivity index (χ2v) is 4.87. The maximum atomic E-state index is 11.6. The number of primary amides is 1. The van der Waals surface area contributed by atoms with Crippen LogP contribution >= 0.6 is 0 Å². The van der Waals surface area contributed by atoms with Gasteiger partial charge in [-0.2, -0.15) is 0 Å². The predicted molar refractivity (Wildman–Crippen MR) is 71.7 cm³/mol. The average molecular weight is 248 g/mol. The first kappa shape index (κ1) is 12.8. The van der Waals surface area contributed by atoms with Gasteiger partial charge in [0.1, 0.15) is 5.82 Å². The Balaban J connectivity index is 2.51. The van der Waals surface area contributed by atoms with Crippen molar-refractivity contribution in [2.75, 3.05) is 18.0 Å². The molecule has 0 saturated carbocycles. The minimum absolute atomic E-state index is 0.261. The number of hydrogen-bond acceptors (Lipinski definition) is 4. The van der Waals surface area contributed by atoms with E-state index in [9.17, 15) is 4.79 Å². The molecule has 1 unspecified atom stereocenters. The molecule has 0 aromatic carbocycles. The van der Waals surface area contributed by atoms with E-state index in [-0.39, 0.29) is 6.04 Å². The van der Waals surface area contributed by atoms with E-state index < -0.39 is 5.91 Å². The van der Waals surface area contributed by atoms with Crippen molar-refractivity contribution in [2.45, 2.75) is 32.7 Å². The molecule has 1 amide bonds. The lowest BCUT2D eigenvalue weighted by Crippen LogP contribution is -2.37. The molecule has 0 aliphatic carbocycles. The maximum absolute atomic E-state index is 11.6. The molecule has 1 saturated heterocycles. The molecule has 5 heteroatoms. The minimum atomic E-state index is -0.419. The number of amides is 1. The molecule has 5 nitrogen and oxygen atoms in total. The highest BCUT2D eigenvalue weighted by molar-refractivity contribution is 5.99. The normalized spacial score (nSPS) is 19.3. The van der Waals surface area contributed by atoms with Gasteiger partial charge in [-0.3, -0.25) is 4.79 Å². The molecule has 1 fully saturated rings. The van der Waals surface area contributed by atoms with E-state index in [4.69, 9.17) is 11.5 Å². The lowest BCUT2D eigenvalue weighted by molar-refractivity contribution is 0.1000. The third-order valence-electron chi connectivity index (χ3n) is 3.49. The Morgan fingerprint density at radius 2 is 2.28 bits per heavy atom. The molecule has 1 aromatic heterocycles. The molecule has 1 aliphatic heterocycles. The van der Waals surface area contributed by atoms with Gasteiger partial charge in [-0.15, -0.1) is 0 Å². The molecule has 4 N–H and O–H groups in total. The van der Waals surface area contributed by atoms with E-state index in [1.165, 1.54) is 0 Å². The number of nitrogens with two attached hydrogens (primary N) is 2. The number of pyridine rings is 1. The average Bonchev–Trinajstić information content (AvgIpc) is 2.74. The fourth-order valence-electron chi connectivity index (χ4n) is 2.69. The summed E-state index contributed by atoms with van der Waals surface area (Å²) in [7, 11) is 0. The molecular weight excluding hydrogens is 228 g/mol. The van der Waals surface area contributed by atoms with Crippen LogP contribution in [0.5, 0.6) is 0 Å². The van der Waals surface area contributed by atoms with Gasteiger partial charge in [0.2, 0.25) is 0 Å². The van der Waals surface area contributed by atoms with Gasteiger partial charge in [-0.25, -0.2) is 4.98 Å². The molecule has 18 heavy (non-hydrogen) atoms. The summed E-state index contributed by atoms with van der Waals surface area (Å²) < 4.78 is 0. The molecular formula is C13H20N4O. The SMILES string of the molecule is Cc1cc(C)c(C(N)=O)c(N2CCCC2CN)n1. The largest absolute Gasteiger partial charge is 0.365 e. The van der Waals surface area contributed by atoms with Crippen LogP contribution in [-0.2, 0) is 0 Å². The van der Waals surface area contributed by atoms with Gasteiger partial charge in [0, 0.05) is 24.8 Å². The van der Waals surface area contributed by atoms with Crippen LogP contribution in [0.25, 0.3) is 0 Å². The quantitative estimate of drug-likeness (QED) is 0.825. The lowest BCUT2D eigenvalue weighted by atomic mass is 10.1. The number of aromatic nitrogens is 1. The van der Waals surface area contributed by atoms with Crippen LogP contribution in [0.2, 0.25) is 0 Å². The van der Waals surface area contributed by atoms with Crippen molar-refractivity contribution < 1.29 is 4.79 Å². The summed E-state index contributed by atoms with van der Waals surface area (Å²) in [6, 6.07) is 2.15. The lowest BCUT2D eigenvalue weighted by Gasteiger charge is -2.27. The van der Waals surface area contributed by atoms with Gasteiger partial charge in [-0.1, -0.05) is 0 Å². The Labute approximate surface area is 107 Å². The first-order valence-electron chi connectivity index (χ1n) is 6.29. The first-order valence-corrected chi connectivity index (χ1v) is 6.29. The van der Waals surface area contributed by atoms with Gasteiger partial charge in [0.05, 0.1) is 5.56 Å². The van der Waals surface area contributed by atoms with E-state index >= 15 is 0 Å². The number of hydrogen-bond donors (Lipinski definition) is 2. The third kappa shape index (κ3) is 2.18. The zero-order valence-corrected chi connectivity index (χ0v) is 10.9. The van der Waals surface area contributed by atoms with Crippen molar-refractivity contribution in [2.24, 2.45) is 11.5 Å². The monoisotopic (exact) mass is 248 g/mol. The zero-order valence-electron chi connectivity index (χ0n) is 10.9. The highest BCUT2D eigenvalue weighted by Gasteiger charge is 2.28. The number of aryl methyl sites for hydroxylation is 2. The van der Waals surface area contributed by atoms with Gasteiger partial charge in [0.15, 0.2) is 0 Å². The van der Waals surface area contributed by atoms with Crippen LogP contribution in [0.3, 0.4) is 0 Å². The van der Waals surface area contributed by atoms with E-state index in [1.807, 2.05) is 19.9 Å². The Bertz CT molecular complexity index is 472. The molecule has 2 heterocycles. The van der Waals surface area contributed by atoms with Crippen LogP contribution in [0.1, 0.15) is 34.5 Å². The highest BCUT2D eigenvalue weighted by Crippen LogP contribution is 2.28. The maximum Gasteiger partial charge on any atom is 0.252 e. The van der Waals surface area contributed by atoms with Crippen molar-refractivity contribution in [3.05, 3.63) is 22.9 Å². The smallest absolute Gasteiger partial charge is 0.252 e. The molecule has 98 valence electrons. The number of rotatable bonds is 3. The number of anilines is 1. The highest BCUT2D eigenvalue weighted by atomic mass is 16.1. The van der Waals surface area contributed by atoms with E-state index in [1.54, 1.807) is 0 Å². The summed E-state index contributed by atoms with van der Waals surface area (Å²) in [5.41, 5.74) is 13.6. The molecule has 2 rings (SSSR count). The first-order chi connectivity index (χ1) is 8.54. The van der Waals surface area contributed by atoms with E-state index in [2.05, 4.69) is 9.88 Å². The van der Waals surface area contributed by atoms with Gasteiger partial charge in [0.25, 0.3) is 5.91 Å². The van der Waals surface area contributed by atoms with Crippen molar-refractivity contribution in [3.8, 4) is 0 Å². The predicted octanol–water partition coefficient (Wildman–Crippen LogP) is 0.725. The van der Waals surface area contributed by atoms with Crippen LogP contribution in [0, 0.1) is 13.8 Å². The number of carbonyl (C=O) groups excluding carboxylic acids is 1. The molecule has 1 aromatic rings. The number of carbonyl (C=O) groups is 1. The third-order valence-corrected chi connectivity index (χ3v) is 3.49.